The molecule has 1 aromatic heterocycles. The van der Waals surface area contributed by atoms with E-state index in [1.807, 2.05) is 18.2 Å². The summed E-state index contributed by atoms with van der Waals surface area (Å²) in [5.74, 6) is 1.68. The zero-order chi connectivity index (χ0) is 13.9. The molecule has 0 amide bonds. The minimum atomic E-state index is 0.546. The monoisotopic (exact) mass is 291 g/mol. The molecule has 2 nitrogen and oxygen atoms in total. The van der Waals surface area contributed by atoms with Gasteiger partial charge in [-0.25, -0.2) is 0 Å². The van der Waals surface area contributed by atoms with Crippen LogP contribution in [0.25, 0.3) is 11.0 Å². The van der Waals surface area contributed by atoms with Gasteiger partial charge in [0.25, 0.3) is 0 Å². The number of benzene rings is 1. The molecule has 2 unspecified atom stereocenters. The second-order valence-corrected chi connectivity index (χ2v) is 6.28. The fourth-order valence-corrected chi connectivity index (χ4v) is 3.40. The minimum absolute atomic E-state index is 0.546. The molecule has 1 fully saturated rings. The quantitative estimate of drug-likeness (QED) is 0.846. The predicted molar refractivity (Wildman–Crippen MR) is 84.5 cm³/mol. The molecule has 20 heavy (non-hydrogen) atoms. The van der Waals surface area contributed by atoms with E-state index in [2.05, 4.69) is 18.3 Å². The summed E-state index contributed by atoms with van der Waals surface area (Å²) in [5.41, 5.74) is 0.952. The van der Waals surface area contributed by atoms with Crippen LogP contribution >= 0.6 is 11.6 Å². The van der Waals surface area contributed by atoms with Crippen LogP contribution in [-0.4, -0.2) is 12.6 Å². The summed E-state index contributed by atoms with van der Waals surface area (Å²) in [6, 6.07) is 8.67. The number of hydrogen-bond acceptors (Lipinski definition) is 2. The number of nitrogens with one attached hydrogen (secondary N) is 1. The van der Waals surface area contributed by atoms with Crippen LogP contribution < -0.4 is 5.32 Å². The van der Waals surface area contributed by atoms with E-state index in [0.717, 1.165) is 28.3 Å². The van der Waals surface area contributed by atoms with Crippen molar-refractivity contribution in [1.29, 1.82) is 0 Å². The Morgan fingerprint density at radius 2 is 2.20 bits per heavy atom. The zero-order valence-electron chi connectivity index (χ0n) is 12.0. The molecular formula is C17H22ClNO. The average Bonchev–Trinajstić information content (AvgIpc) is 2.88. The first-order chi connectivity index (χ1) is 9.76. The van der Waals surface area contributed by atoms with E-state index in [9.17, 15) is 0 Å². The zero-order valence-corrected chi connectivity index (χ0v) is 12.7. The van der Waals surface area contributed by atoms with Gasteiger partial charge in [0.1, 0.15) is 11.3 Å². The third kappa shape index (κ3) is 3.02. The molecule has 1 aromatic carbocycles. The van der Waals surface area contributed by atoms with Gasteiger partial charge in [0, 0.05) is 22.4 Å². The van der Waals surface area contributed by atoms with Gasteiger partial charge in [-0.15, -0.1) is 0 Å². The Labute approximate surface area is 125 Å². The highest BCUT2D eigenvalue weighted by Crippen LogP contribution is 2.36. The maximum Gasteiger partial charge on any atom is 0.134 e. The fourth-order valence-electron chi connectivity index (χ4n) is 3.22. The van der Waals surface area contributed by atoms with Crippen LogP contribution in [0.3, 0.4) is 0 Å². The summed E-state index contributed by atoms with van der Waals surface area (Å²) in [4.78, 5) is 0. The first kappa shape index (κ1) is 14.0. The standard InChI is InChI=1S/C17H22ClNO/c1-2-8-19-15-5-3-4-12(10-15)17-11-13-9-14(18)6-7-16(13)20-17/h6-7,9,11-12,15,19H,2-5,8,10H2,1H3. The lowest BCUT2D eigenvalue weighted by molar-refractivity contribution is 0.314. The van der Waals surface area contributed by atoms with Gasteiger partial charge in [0.15, 0.2) is 0 Å². The van der Waals surface area contributed by atoms with Crippen LogP contribution in [0.5, 0.6) is 0 Å². The topological polar surface area (TPSA) is 25.2 Å². The van der Waals surface area contributed by atoms with Crippen molar-refractivity contribution in [2.75, 3.05) is 6.54 Å². The van der Waals surface area contributed by atoms with Crippen LogP contribution in [0.2, 0.25) is 5.02 Å². The molecule has 0 spiro atoms. The molecule has 2 atom stereocenters. The largest absolute Gasteiger partial charge is 0.461 e. The maximum atomic E-state index is 6.04. The highest BCUT2D eigenvalue weighted by atomic mass is 35.5. The van der Waals surface area contributed by atoms with E-state index in [0.29, 0.717) is 12.0 Å². The van der Waals surface area contributed by atoms with Crippen molar-refractivity contribution in [2.24, 2.45) is 0 Å². The first-order valence-electron chi connectivity index (χ1n) is 7.68. The molecule has 0 radical (unpaired) electrons. The average molecular weight is 292 g/mol. The van der Waals surface area contributed by atoms with Crippen molar-refractivity contribution in [2.45, 2.75) is 51.0 Å². The third-order valence-electron chi connectivity index (χ3n) is 4.26. The molecule has 0 bridgehead atoms. The van der Waals surface area contributed by atoms with E-state index in [-0.39, 0.29) is 0 Å². The van der Waals surface area contributed by atoms with Crippen LogP contribution in [0.1, 0.15) is 50.7 Å². The smallest absolute Gasteiger partial charge is 0.134 e. The van der Waals surface area contributed by atoms with Crippen LogP contribution in [0, 0.1) is 0 Å². The molecule has 1 aliphatic carbocycles. The predicted octanol–water partition coefficient (Wildman–Crippen LogP) is 5.11. The second-order valence-electron chi connectivity index (χ2n) is 5.85. The normalized spacial score (nSPS) is 23.3. The molecular weight excluding hydrogens is 270 g/mol. The molecule has 0 saturated heterocycles. The summed E-state index contributed by atoms with van der Waals surface area (Å²) >= 11 is 6.04. The van der Waals surface area contributed by atoms with E-state index in [1.54, 1.807) is 0 Å². The summed E-state index contributed by atoms with van der Waals surface area (Å²) in [5, 5.41) is 5.55. The molecule has 1 heterocycles. The van der Waals surface area contributed by atoms with Crippen LogP contribution in [0.15, 0.2) is 28.7 Å². The molecule has 1 saturated carbocycles. The van der Waals surface area contributed by atoms with Crippen LogP contribution in [0.4, 0.5) is 0 Å². The van der Waals surface area contributed by atoms with E-state index >= 15 is 0 Å². The molecule has 108 valence electrons. The Kier molecular flexibility index (Phi) is 4.32. The first-order valence-corrected chi connectivity index (χ1v) is 8.06. The Bertz CT molecular complexity index is 577. The van der Waals surface area contributed by atoms with Gasteiger partial charge in [-0.3, -0.25) is 0 Å². The van der Waals surface area contributed by atoms with Crippen molar-refractivity contribution in [3.63, 3.8) is 0 Å². The highest BCUT2D eigenvalue weighted by molar-refractivity contribution is 6.31. The van der Waals surface area contributed by atoms with Crippen molar-refractivity contribution in [3.05, 3.63) is 35.0 Å². The van der Waals surface area contributed by atoms with Gasteiger partial charge >= 0.3 is 0 Å². The van der Waals surface area contributed by atoms with Gasteiger partial charge in [0.05, 0.1) is 0 Å². The molecule has 1 N–H and O–H groups in total. The Hall–Kier alpha value is -0.990. The van der Waals surface area contributed by atoms with Gasteiger partial charge in [0.2, 0.25) is 0 Å². The summed E-state index contributed by atoms with van der Waals surface area (Å²) in [6.07, 6.45) is 6.20. The molecule has 0 aliphatic heterocycles. The van der Waals surface area contributed by atoms with Gasteiger partial charge in [-0.05, 0) is 56.5 Å². The molecule has 3 rings (SSSR count). The summed E-state index contributed by atoms with van der Waals surface area (Å²) in [7, 11) is 0. The molecule has 2 aromatic rings. The number of rotatable bonds is 4. The fraction of sp³-hybridized carbons (Fsp3) is 0.529. The minimum Gasteiger partial charge on any atom is -0.461 e. The van der Waals surface area contributed by atoms with Gasteiger partial charge in [-0.1, -0.05) is 24.9 Å². The van der Waals surface area contributed by atoms with E-state index in [1.165, 1.54) is 32.1 Å². The van der Waals surface area contributed by atoms with Crippen molar-refractivity contribution >= 4 is 22.6 Å². The Morgan fingerprint density at radius 1 is 1.30 bits per heavy atom. The molecule has 1 aliphatic rings. The van der Waals surface area contributed by atoms with Crippen molar-refractivity contribution < 1.29 is 4.42 Å². The second kappa shape index (κ2) is 6.19. The number of fused-ring (bicyclic) bond motifs is 1. The van der Waals surface area contributed by atoms with Gasteiger partial charge < -0.3 is 9.73 Å². The van der Waals surface area contributed by atoms with E-state index in [4.69, 9.17) is 16.0 Å². The number of hydrogen-bond donors (Lipinski definition) is 1. The summed E-state index contributed by atoms with van der Waals surface area (Å²) in [6.45, 7) is 3.34. The van der Waals surface area contributed by atoms with Gasteiger partial charge in [-0.2, -0.15) is 0 Å². The SMILES string of the molecule is CCCNC1CCCC(c2cc3cc(Cl)ccc3o2)C1. The lowest BCUT2D eigenvalue weighted by Gasteiger charge is -2.28. The number of furan rings is 1. The lowest BCUT2D eigenvalue weighted by Crippen LogP contribution is -2.33. The molecule has 3 heteroatoms. The Balaban J connectivity index is 1.76. The van der Waals surface area contributed by atoms with Crippen molar-refractivity contribution in [1.82, 2.24) is 5.32 Å². The summed E-state index contributed by atoms with van der Waals surface area (Å²) < 4.78 is 6.03. The van der Waals surface area contributed by atoms with E-state index < -0.39 is 0 Å². The van der Waals surface area contributed by atoms with Crippen molar-refractivity contribution in [3.8, 4) is 0 Å². The maximum absolute atomic E-state index is 6.04. The number of halogens is 1. The lowest BCUT2D eigenvalue weighted by atomic mass is 9.84. The highest BCUT2D eigenvalue weighted by Gasteiger charge is 2.25. The van der Waals surface area contributed by atoms with Crippen LogP contribution in [-0.2, 0) is 0 Å². The third-order valence-corrected chi connectivity index (χ3v) is 4.49. The Morgan fingerprint density at radius 3 is 3.05 bits per heavy atom.